The molecule has 0 amide bonds. The fraction of sp³-hybridized carbons (Fsp3) is 0.0588. The maximum Gasteiger partial charge on any atom is 0.252 e. The first-order chi connectivity index (χ1) is 10.7. The van der Waals surface area contributed by atoms with Crippen molar-refractivity contribution in [3.05, 3.63) is 81.6 Å². The zero-order chi connectivity index (χ0) is 15.4. The molecule has 0 fully saturated rings. The van der Waals surface area contributed by atoms with Crippen molar-refractivity contribution in [3.63, 3.8) is 0 Å². The number of hydrogen-bond acceptors (Lipinski definition) is 3. The third-order valence-corrected chi connectivity index (χ3v) is 4.23. The van der Waals surface area contributed by atoms with Crippen molar-refractivity contribution in [1.29, 1.82) is 0 Å². The molecule has 0 spiro atoms. The summed E-state index contributed by atoms with van der Waals surface area (Å²) in [6, 6.07) is 18.8. The summed E-state index contributed by atoms with van der Waals surface area (Å²) in [7, 11) is 0. The molecule has 0 atom stereocenters. The number of H-pyrrole nitrogens is 1. The van der Waals surface area contributed by atoms with Gasteiger partial charge in [-0.2, -0.15) is 0 Å². The Bertz CT molecular complexity index is 833. The van der Waals surface area contributed by atoms with Gasteiger partial charge in [0.1, 0.15) is 0 Å². The van der Waals surface area contributed by atoms with E-state index in [1.807, 2.05) is 54.6 Å². The van der Waals surface area contributed by atoms with Crippen LogP contribution < -0.4 is 5.56 Å². The van der Waals surface area contributed by atoms with Crippen molar-refractivity contribution in [2.45, 2.75) is 10.9 Å². The molecule has 0 radical (unpaired) electrons. The van der Waals surface area contributed by atoms with E-state index in [0.29, 0.717) is 21.6 Å². The standard InChI is InChI=1S/C17H13ClN2OS/c18-14-8-4-5-12(9-14)11-22-17-19-15(10-16(21)20-17)13-6-2-1-3-7-13/h1-10H,11H2,(H,19,20,21). The van der Waals surface area contributed by atoms with E-state index in [0.717, 1.165) is 11.1 Å². The minimum atomic E-state index is -0.151. The molecule has 1 N–H and O–H groups in total. The molecule has 1 heterocycles. The first kappa shape index (κ1) is 14.9. The Hall–Kier alpha value is -2.04. The average molecular weight is 329 g/mol. The average Bonchev–Trinajstić information content (AvgIpc) is 2.53. The third-order valence-electron chi connectivity index (χ3n) is 3.05. The van der Waals surface area contributed by atoms with Gasteiger partial charge in [-0.05, 0) is 17.7 Å². The fourth-order valence-corrected chi connectivity index (χ4v) is 3.07. The highest BCUT2D eigenvalue weighted by atomic mass is 35.5. The van der Waals surface area contributed by atoms with Crippen molar-refractivity contribution in [3.8, 4) is 11.3 Å². The Morgan fingerprint density at radius 2 is 1.86 bits per heavy atom. The number of rotatable bonds is 4. The lowest BCUT2D eigenvalue weighted by Gasteiger charge is -2.05. The highest BCUT2D eigenvalue weighted by molar-refractivity contribution is 7.98. The Kier molecular flexibility index (Phi) is 4.61. The minimum absolute atomic E-state index is 0.151. The molecule has 0 saturated heterocycles. The first-order valence-electron chi connectivity index (χ1n) is 6.75. The number of benzene rings is 2. The van der Waals surface area contributed by atoms with Crippen LogP contribution >= 0.6 is 23.4 Å². The Morgan fingerprint density at radius 3 is 2.64 bits per heavy atom. The summed E-state index contributed by atoms with van der Waals surface area (Å²) < 4.78 is 0. The van der Waals surface area contributed by atoms with Crippen LogP contribution in [0.1, 0.15) is 5.56 Å². The lowest BCUT2D eigenvalue weighted by molar-refractivity contribution is 0.942. The van der Waals surface area contributed by atoms with Crippen molar-refractivity contribution in [1.82, 2.24) is 9.97 Å². The molecule has 3 aromatic rings. The molecule has 22 heavy (non-hydrogen) atoms. The predicted octanol–water partition coefficient (Wildman–Crippen LogP) is 4.38. The van der Waals surface area contributed by atoms with E-state index >= 15 is 0 Å². The Morgan fingerprint density at radius 1 is 1.05 bits per heavy atom. The number of aromatic nitrogens is 2. The number of nitrogens with zero attached hydrogens (tertiary/aromatic N) is 1. The highest BCUT2D eigenvalue weighted by Crippen LogP contribution is 2.22. The van der Waals surface area contributed by atoms with E-state index in [4.69, 9.17) is 11.6 Å². The predicted molar refractivity (Wildman–Crippen MR) is 91.3 cm³/mol. The van der Waals surface area contributed by atoms with Crippen LogP contribution in [0.25, 0.3) is 11.3 Å². The molecule has 0 aliphatic rings. The van der Waals surface area contributed by atoms with Crippen molar-refractivity contribution < 1.29 is 0 Å². The van der Waals surface area contributed by atoms with E-state index in [-0.39, 0.29) is 5.56 Å². The third kappa shape index (κ3) is 3.78. The summed E-state index contributed by atoms with van der Waals surface area (Å²) in [5.41, 5.74) is 2.55. The number of halogens is 1. The summed E-state index contributed by atoms with van der Waals surface area (Å²) in [5.74, 6) is 0.696. The summed E-state index contributed by atoms with van der Waals surface area (Å²) in [5, 5.41) is 1.31. The molecule has 0 bridgehead atoms. The lowest BCUT2D eigenvalue weighted by Crippen LogP contribution is -2.08. The fourth-order valence-electron chi connectivity index (χ4n) is 2.04. The van der Waals surface area contributed by atoms with Crippen molar-refractivity contribution in [2.75, 3.05) is 0 Å². The number of nitrogens with one attached hydrogen (secondary N) is 1. The Labute approximate surface area is 137 Å². The maximum atomic E-state index is 11.8. The molecular formula is C17H13ClN2OS. The smallest absolute Gasteiger partial charge is 0.252 e. The van der Waals surface area contributed by atoms with Gasteiger partial charge in [-0.25, -0.2) is 4.98 Å². The van der Waals surface area contributed by atoms with Crippen LogP contribution in [0, 0.1) is 0 Å². The van der Waals surface area contributed by atoms with E-state index in [1.54, 1.807) is 0 Å². The first-order valence-corrected chi connectivity index (χ1v) is 8.11. The molecule has 0 unspecified atom stereocenters. The molecule has 0 saturated carbocycles. The van der Waals surface area contributed by atoms with Crippen LogP contribution in [-0.4, -0.2) is 9.97 Å². The molecule has 1 aromatic heterocycles. The van der Waals surface area contributed by atoms with E-state index < -0.39 is 0 Å². The number of aromatic amines is 1. The second-order valence-electron chi connectivity index (χ2n) is 4.72. The summed E-state index contributed by atoms with van der Waals surface area (Å²) >= 11 is 7.45. The minimum Gasteiger partial charge on any atom is -0.301 e. The van der Waals surface area contributed by atoms with Crippen LogP contribution in [0.3, 0.4) is 0 Å². The van der Waals surface area contributed by atoms with Crippen LogP contribution in [-0.2, 0) is 5.75 Å². The second kappa shape index (κ2) is 6.81. The van der Waals surface area contributed by atoms with Gasteiger partial charge in [0.2, 0.25) is 0 Å². The molecule has 2 aromatic carbocycles. The molecule has 110 valence electrons. The molecule has 3 nitrogen and oxygen atoms in total. The van der Waals surface area contributed by atoms with Gasteiger partial charge in [-0.1, -0.05) is 65.8 Å². The summed E-state index contributed by atoms with van der Waals surface area (Å²) in [6.07, 6.45) is 0. The van der Waals surface area contributed by atoms with E-state index in [1.165, 1.54) is 17.8 Å². The largest absolute Gasteiger partial charge is 0.301 e. The van der Waals surface area contributed by atoms with Crippen LogP contribution in [0.15, 0.2) is 70.6 Å². The van der Waals surface area contributed by atoms with Gasteiger partial charge in [0.15, 0.2) is 5.16 Å². The van der Waals surface area contributed by atoms with Gasteiger partial charge in [-0.3, -0.25) is 4.79 Å². The quantitative estimate of drug-likeness (QED) is 0.571. The van der Waals surface area contributed by atoms with Crippen LogP contribution in [0.2, 0.25) is 5.02 Å². The highest BCUT2D eigenvalue weighted by Gasteiger charge is 2.05. The van der Waals surface area contributed by atoms with Gasteiger partial charge in [0.05, 0.1) is 5.69 Å². The van der Waals surface area contributed by atoms with Crippen LogP contribution in [0.5, 0.6) is 0 Å². The van der Waals surface area contributed by atoms with E-state index in [2.05, 4.69) is 9.97 Å². The van der Waals surface area contributed by atoms with Gasteiger partial charge in [0, 0.05) is 22.4 Å². The zero-order valence-electron chi connectivity index (χ0n) is 11.6. The molecule has 0 aliphatic carbocycles. The molecular weight excluding hydrogens is 316 g/mol. The monoisotopic (exact) mass is 328 g/mol. The van der Waals surface area contributed by atoms with Gasteiger partial charge in [-0.15, -0.1) is 0 Å². The summed E-state index contributed by atoms with van der Waals surface area (Å²) in [4.78, 5) is 19.1. The van der Waals surface area contributed by atoms with Gasteiger partial charge >= 0.3 is 0 Å². The van der Waals surface area contributed by atoms with Gasteiger partial charge in [0.25, 0.3) is 5.56 Å². The maximum absolute atomic E-state index is 11.8. The number of thioether (sulfide) groups is 1. The topological polar surface area (TPSA) is 45.8 Å². The zero-order valence-corrected chi connectivity index (χ0v) is 13.2. The van der Waals surface area contributed by atoms with E-state index in [9.17, 15) is 4.79 Å². The lowest BCUT2D eigenvalue weighted by atomic mass is 10.1. The molecule has 5 heteroatoms. The van der Waals surface area contributed by atoms with Gasteiger partial charge < -0.3 is 4.98 Å². The molecule has 0 aliphatic heterocycles. The normalized spacial score (nSPS) is 10.6. The summed E-state index contributed by atoms with van der Waals surface area (Å²) in [6.45, 7) is 0. The Balaban J connectivity index is 1.83. The van der Waals surface area contributed by atoms with Crippen molar-refractivity contribution >= 4 is 23.4 Å². The van der Waals surface area contributed by atoms with Crippen LogP contribution in [0.4, 0.5) is 0 Å². The SMILES string of the molecule is O=c1cc(-c2ccccc2)nc(SCc2cccc(Cl)c2)[nH]1. The number of hydrogen-bond donors (Lipinski definition) is 1. The molecule has 3 rings (SSSR count). The van der Waals surface area contributed by atoms with Crippen molar-refractivity contribution in [2.24, 2.45) is 0 Å². The second-order valence-corrected chi connectivity index (χ2v) is 6.12.